The standard InChI is InChI=1S/C21H15N5O6S/c27-19(16-9-11-22-12-10-16)24-23-14-15-5-4-6-17(13-15)31-20-21(26(28)32-25-20)33(29,30)18-7-2-1-3-8-18/h1-14H,(H,24,27)/b23-14+. The molecule has 166 valence electrons. The molecule has 2 aromatic heterocycles. The van der Waals surface area contributed by atoms with Crippen LogP contribution in [0.25, 0.3) is 0 Å². The molecule has 0 bridgehead atoms. The highest BCUT2D eigenvalue weighted by Gasteiger charge is 2.36. The van der Waals surface area contributed by atoms with Gasteiger partial charge in [0, 0.05) is 18.0 Å². The summed E-state index contributed by atoms with van der Waals surface area (Å²) in [7, 11) is -4.25. The minimum Gasteiger partial charge on any atom is -0.415 e. The fraction of sp³-hybridized carbons (Fsp3) is 0. The van der Waals surface area contributed by atoms with E-state index in [1.807, 2.05) is 0 Å². The lowest BCUT2D eigenvalue weighted by molar-refractivity contribution is -0.832. The molecule has 2 heterocycles. The molecule has 0 atom stereocenters. The lowest BCUT2D eigenvalue weighted by Gasteiger charge is -2.04. The van der Waals surface area contributed by atoms with Gasteiger partial charge in [-0.1, -0.05) is 30.3 Å². The van der Waals surface area contributed by atoms with Crippen LogP contribution in [0.3, 0.4) is 0 Å². The van der Waals surface area contributed by atoms with Crippen molar-refractivity contribution in [3.8, 4) is 11.6 Å². The van der Waals surface area contributed by atoms with E-state index in [1.54, 1.807) is 30.3 Å². The number of aromatic nitrogens is 3. The monoisotopic (exact) mass is 465 g/mol. The van der Waals surface area contributed by atoms with Crippen LogP contribution in [0, 0.1) is 5.21 Å². The Kier molecular flexibility index (Phi) is 6.09. The van der Waals surface area contributed by atoms with Gasteiger partial charge in [-0.05, 0) is 46.9 Å². The van der Waals surface area contributed by atoms with Crippen LogP contribution in [0.2, 0.25) is 0 Å². The van der Waals surface area contributed by atoms with E-state index in [9.17, 15) is 18.4 Å². The van der Waals surface area contributed by atoms with E-state index in [-0.39, 0.29) is 15.5 Å². The predicted molar refractivity (Wildman–Crippen MR) is 113 cm³/mol. The van der Waals surface area contributed by atoms with Crippen molar-refractivity contribution in [2.75, 3.05) is 0 Å². The topological polar surface area (TPSA) is 151 Å². The van der Waals surface area contributed by atoms with Gasteiger partial charge in [-0.3, -0.25) is 14.4 Å². The van der Waals surface area contributed by atoms with Crippen molar-refractivity contribution in [1.29, 1.82) is 0 Å². The highest BCUT2D eigenvalue weighted by atomic mass is 32.2. The van der Waals surface area contributed by atoms with Gasteiger partial charge in [0.15, 0.2) is 0 Å². The van der Waals surface area contributed by atoms with Gasteiger partial charge in [0.25, 0.3) is 15.7 Å². The average Bonchev–Trinajstić information content (AvgIpc) is 3.21. The molecule has 0 aliphatic carbocycles. The Labute approximate surface area is 187 Å². The zero-order valence-corrected chi connectivity index (χ0v) is 17.5. The Morgan fingerprint density at radius 3 is 2.61 bits per heavy atom. The van der Waals surface area contributed by atoms with Crippen LogP contribution in [0.5, 0.6) is 11.6 Å². The molecule has 33 heavy (non-hydrogen) atoms. The van der Waals surface area contributed by atoms with Gasteiger partial charge >= 0.3 is 10.9 Å². The van der Waals surface area contributed by atoms with Gasteiger partial charge in [0.05, 0.1) is 16.3 Å². The molecular weight excluding hydrogens is 450 g/mol. The molecule has 4 rings (SSSR count). The second kappa shape index (κ2) is 9.28. The van der Waals surface area contributed by atoms with Crippen LogP contribution < -0.4 is 15.1 Å². The van der Waals surface area contributed by atoms with Crippen LogP contribution in [-0.4, -0.2) is 30.7 Å². The number of benzene rings is 2. The third kappa shape index (κ3) is 4.85. The van der Waals surface area contributed by atoms with Crippen molar-refractivity contribution in [3.05, 3.63) is 95.5 Å². The van der Waals surface area contributed by atoms with Crippen LogP contribution >= 0.6 is 0 Å². The molecule has 11 nitrogen and oxygen atoms in total. The normalized spacial score (nSPS) is 11.4. The number of rotatable bonds is 7. The summed E-state index contributed by atoms with van der Waals surface area (Å²) < 4.78 is 35.7. The van der Waals surface area contributed by atoms with Crippen molar-refractivity contribution in [2.24, 2.45) is 5.10 Å². The Bertz CT molecular complexity index is 1410. The molecule has 1 N–H and O–H groups in total. The van der Waals surface area contributed by atoms with Crippen LogP contribution in [0.1, 0.15) is 15.9 Å². The SMILES string of the molecule is O=C(N/N=C/c1cccc(Oc2no[n+]([O-])c2S(=O)(=O)c2ccccc2)c1)c1ccncc1. The summed E-state index contributed by atoms with van der Waals surface area (Å²) in [6.45, 7) is 0. The molecule has 1 amide bonds. The van der Waals surface area contributed by atoms with Crippen LogP contribution in [-0.2, 0) is 9.84 Å². The summed E-state index contributed by atoms with van der Waals surface area (Å²) in [5, 5.41) is 18.5. The highest BCUT2D eigenvalue weighted by molar-refractivity contribution is 7.91. The first-order valence-electron chi connectivity index (χ1n) is 9.36. The summed E-state index contributed by atoms with van der Waals surface area (Å²) >= 11 is 0. The minimum absolute atomic E-state index is 0.117. The first-order chi connectivity index (χ1) is 15.9. The van der Waals surface area contributed by atoms with Crippen LogP contribution in [0.4, 0.5) is 0 Å². The van der Waals surface area contributed by atoms with E-state index in [4.69, 9.17) is 4.74 Å². The van der Waals surface area contributed by atoms with Gasteiger partial charge in [-0.25, -0.2) is 13.8 Å². The molecule has 0 saturated heterocycles. The van der Waals surface area contributed by atoms with Gasteiger partial charge in [0.1, 0.15) is 5.75 Å². The third-order valence-electron chi connectivity index (χ3n) is 4.25. The number of hydrogen-bond acceptors (Lipinski definition) is 9. The first-order valence-corrected chi connectivity index (χ1v) is 10.8. The van der Waals surface area contributed by atoms with E-state index >= 15 is 0 Å². The van der Waals surface area contributed by atoms with E-state index in [0.717, 1.165) is 0 Å². The second-order valence-electron chi connectivity index (χ2n) is 6.47. The largest absolute Gasteiger partial charge is 0.420 e. The van der Waals surface area contributed by atoms with Crippen molar-refractivity contribution in [2.45, 2.75) is 9.92 Å². The van der Waals surface area contributed by atoms with Gasteiger partial charge in [0.2, 0.25) is 0 Å². The molecule has 0 aliphatic heterocycles. The minimum atomic E-state index is -4.25. The molecule has 0 radical (unpaired) electrons. The van der Waals surface area contributed by atoms with Gasteiger partial charge < -0.3 is 9.94 Å². The van der Waals surface area contributed by atoms with E-state index in [1.165, 1.54) is 55.0 Å². The number of carbonyl (C=O) groups excluding carboxylic acids is 1. The van der Waals surface area contributed by atoms with E-state index < -0.39 is 26.7 Å². The average molecular weight is 465 g/mol. The predicted octanol–water partition coefficient (Wildman–Crippen LogP) is 2.09. The maximum absolute atomic E-state index is 12.8. The van der Waals surface area contributed by atoms with Crippen molar-refractivity contribution < 1.29 is 27.5 Å². The summed E-state index contributed by atoms with van der Waals surface area (Å²) in [5.74, 6) is -0.772. The number of sulfone groups is 1. The Balaban J connectivity index is 1.52. The molecule has 0 spiro atoms. The van der Waals surface area contributed by atoms with E-state index in [0.29, 0.717) is 11.1 Å². The van der Waals surface area contributed by atoms with Gasteiger partial charge in [-0.15, -0.1) is 0 Å². The zero-order chi connectivity index (χ0) is 23.3. The summed E-state index contributed by atoms with van der Waals surface area (Å²) in [5.41, 5.74) is 3.29. The molecular formula is C21H15N5O6S. The molecule has 0 aliphatic rings. The zero-order valence-electron chi connectivity index (χ0n) is 16.7. The number of carbonyl (C=O) groups is 1. The fourth-order valence-electron chi connectivity index (χ4n) is 2.72. The van der Waals surface area contributed by atoms with Crippen molar-refractivity contribution in [3.63, 3.8) is 0 Å². The molecule has 12 heteroatoms. The van der Waals surface area contributed by atoms with Crippen molar-refractivity contribution >= 4 is 22.0 Å². The molecule has 0 fully saturated rings. The number of hydrazone groups is 1. The molecule has 0 saturated carbocycles. The number of hydrogen-bond donors (Lipinski definition) is 1. The highest BCUT2D eigenvalue weighted by Crippen LogP contribution is 2.28. The fourth-order valence-corrected chi connectivity index (χ4v) is 4.00. The summed E-state index contributed by atoms with van der Waals surface area (Å²) in [6, 6.07) is 16.8. The maximum atomic E-state index is 12.8. The third-order valence-corrected chi connectivity index (χ3v) is 5.98. The van der Waals surface area contributed by atoms with Crippen molar-refractivity contribution in [1.82, 2.24) is 15.6 Å². The Morgan fingerprint density at radius 1 is 1.09 bits per heavy atom. The molecule has 0 unspecified atom stereocenters. The second-order valence-corrected chi connectivity index (χ2v) is 8.33. The van der Waals surface area contributed by atoms with Gasteiger partial charge in [-0.2, -0.15) is 5.10 Å². The first kappa shape index (κ1) is 21.6. The lowest BCUT2D eigenvalue weighted by atomic mass is 10.2. The lowest BCUT2D eigenvalue weighted by Crippen LogP contribution is -2.30. The Hall–Kier alpha value is -4.58. The quantitative estimate of drug-likeness (QED) is 0.248. The number of ether oxygens (including phenoxy) is 1. The summed E-state index contributed by atoms with van der Waals surface area (Å²) in [6.07, 6.45) is 4.34. The smallest absolute Gasteiger partial charge is 0.415 e. The Morgan fingerprint density at radius 2 is 1.85 bits per heavy atom. The molecule has 2 aromatic carbocycles. The molecule has 4 aromatic rings. The number of nitrogens with zero attached hydrogens (tertiary/aromatic N) is 4. The number of amides is 1. The van der Waals surface area contributed by atoms with Crippen LogP contribution in [0.15, 0.2) is 98.8 Å². The number of nitrogens with one attached hydrogen (secondary N) is 1. The number of pyridine rings is 1. The van der Waals surface area contributed by atoms with E-state index in [2.05, 4.69) is 25.3 Å². The summed E-state index contributed by atoms with van der Waals surface area (Å²) in [4.78, 5) is 15.5. The maximum Gasteiger partial charge on any atom is 0.420 e.